The number of nitrogens with zero attached hydrogens (tertiary/aromatic N) is 1. The largest absolute Gasteiger partial charge is 0.325 e. The van der Waals surface area contributed by atoms with E-state index < -0.39 is 4.92 Å². The molecule has 0 saturated carbocycles. The standard InChI is InChI=1S/C14H19N3O3/c1-11(16-9-5-2-6-10-16)14(18)15-12-7-3-4-8-13(12)17(19)20/h3-4,7-8,11H,2,5-6,9-10H2,1H3,(H,15,18)/p+1/t11-/m1/s1. The highest BCUT2D eigenvalue weighted by Crippen LogP contribution is 2.23. The Morgan fingerprint density at radius 1 is 1.30 bits per heavy atom. The number of carbonyl (C=O) groups excluding carboxylic acids is 1. The summed E-state index contributed by atoms with van der Waals surface area (Å²) in [5.41, 5.74) is 0.201. The first kappa shape index (κ1) is 14.5. The van der Waals surface area contributed by atoms with Crippen LogP contribution in [0.25, 0.3) is 0 Å². The predicted octanol–water partition coefficient (Wildman–Crippen LogP) is 0.991. The molecule has 1 aliphatic heterocycles. The Balaban J connectivity index is 2.05. The highest BCUT2D eigenvalue weighted by Gasteiger charge is 2.27. The summed E-state index contributed by atoms with van der Waals surface area (Å²) in [5.74, 6) is -0.156. The van der Waals surface area contributed by atoms with Crippen molar-refractivity contribution >= 4 is 17.3 Å². The van der Waals surface area contributed by atoms with Crippen molar-refractivity contribution in [3.8, 4) is 0 Å². The van der Waals surface area contributed by atoms with Crippen LogP contribution in [-0.4, -0.2) is 30.0 Å². The summed E-state index contributed by atoms with van der Waals surface area (Å²) in [6.07, 6.45) is 3.50. The Hall–Kier alpha value is -1.95. The summed E-state index contributed by atoms with van der Waals surface area (Å²) in [5, 5.41) is 13.6. The average Bonchev–Trinajstić information content (AvgIpc) is 2.47. The number of nitro benzene ring substituents is 1. The molecule has 0 spiro atoms. The van der Waals surface area contributed by atoms with E-state index in [2.05, 4.69) is 5.32 Å². The monoisotopic (exact) mass is 278 g/mol. The summed E-state index contributed by atoms with van der Waals surface area (Å²) in [6.45, 7) is 3.86. The predicted molar refractivity (Wildman–Crippen MR) is 75.7 cm³/mol. The van der Waals surface area contributed by atoms with Crippen LogP contribution in [0.3, 0.4) is 0 Å². The molecule has 0 aromatic heterocycles. The molecule has 1 saturated heterocycles. The van der Waals surface area contributed by atoms with E-state index in [4.69, 9.17) is 0 Å². The van der Waals surface area contributed by atoms with Crippen molar-refractivity contribution in [3.63, 3.8) is 0 Å². The van der Waals surface area contributed by atoms with Crippen molar-refractivity contribution < 1.29 is 14.6 Å². The number of nitrogens with one attached hydrogen (secondary N) is 2. The molecule has 1 aliphatic rings. The van der Waals surface area contributed by atoms with Crippen LogP contribution >= 0.6 is 0 Å². The van der Waals surface area contributed by atoms with E-state index in [0.717, 1.165) is 25.9 Å². The minimum absolute atomic E-state index is 0.0679. The summed E-state index contributed by atoms with van der Waals surface area (Å²) >= 11 is 0. The molecule has 2 N–H and O–H groups in total. The molecule has 0 unspecified atom stereocenters. The average molecular weight is 278 g/mol. The highest BCUT2D eigenvalue weighted by atomic mass is 16.6. The molecular weight excluding hydrogens is 258 g/mol. The van der Waals surface area contributed by atoms with Crippen molar-refractivity contribution in [2.45, 2.75) is 32.2 Å². The fourth-order valence-electron chi connectivity index (χ4n) is 2.60. The van der Waals surface area contributed by atoms with Gasteiger partial charge in [-0.1, -0.05) is 12.1 Å². The topological polar surface area (TPSA) is 76.7 Å². The Labute approximate surface area is 117 Å². The molecule has 1 amide bonds. The molecule has 6 heteroatoms. The number of likely N-dealkylation sites (tertiary alicyclic amines) is 1. The maximum Gasteiger partial charge on any atom is 0.292 e. The molecule has 1 aromatic rings. The minimum atomic E-state index is -0.478. The molecular formula is C14H20N3O3+. The number of anilines is 1. The van der Waals surface area contributed by atoms with Crippen LogP contribution in [-0.2, 0) is 4.79 Å². The van der Waals surface area contributed by atoms with Crippen LogP contribution in [0.4, 0.5) is 11.4 Å². The zero-order chi connectivity index (χ0) is 14.5. The van der Waals surface area contributed by atoms with Gasteiger partial charge in [0.2, 0.25) is 0 Å². The number of hydrogen-bond donors (Lipinski definition) is 2. The van der Waals surface area contributed by atoms with Gasteiger partial charge in [0.25, 0.3) is 11.6 Å². The van der Waals surface area contributed by atoms with Gasteiger partial charge in [0.1, 0.15) is 5.69 Å². The van der Waals surface area contributed by atoms with E-state index in [0.29, 0.717) is 0 Å². The van der Waals surface area contributed by atoms with Crippen molar-refractivity contribution in [3.05, 3.63) is 34.4 Å². The molecule has 1 heterocycles. The molecule has 1 atom stereocenters. The third kappa shape index (κ3) is 3.33. The summed E-state index contributed by atoms with van der Waals surface area (Å²) in [4.78, 5) is 23.9. The second-order valence-corrected chi connectivity index (χ2v) is 5.20. The van der Waals surface area contributed by atoms with Crippen molar-refractivity contribution in [1.82, 2.24) is 0 Å². The van der Waals surface area contributed by atoms with E-state index in [1.54, 1.807) is 18.2 Å². The van der Waals surface area contributed by atoms with Crippen LogP contribution in [0.15, 0.2) is 24.3 Å². The molecule has 2 rings (SSSR count). The lowest BCUT2D eigenvalue weighted by Crippen LogP contribution is -3.17. The number of amides is 1. The van der Waals surface area contributed by atoms with Gasteiger partial charge in [-0.05, 0) is 32.3 Å². The Morgan fingerprint density at radius 2 is 1.95 bits per heavy atom. The van der Waals surface area contributed by atoms with E-state index in [9.17, 15) is 14.9 Å². The third-order valence-corrected chi connectivity index (χ3v) is 3.86. The number of hydrogen-bond acceptors (Lipinski definition) is 3. The molecule has 20 heavy (non-hydrogen) atoms. The Kier molecular flexibility index (Phi) is 4.68. The second-order valence-electron chi connectivity index (χ2n) is 5.20. The lowest BCUT2D eigenvalue weighted by molar-refractivity contribution is -0.918. The minimum Gasteiger partial charge on any atom is -0.325 e. The van der Waals surface area contributed by atoms with Gasteiger partial charge in [-0.15, -0.1) is 0 Å². The number of para-hydroxylation sites is 2. The number of rotatable bonds is 4. The fourth-order valence-corrected chi connectivity index (χ4v) is 2.60. The molecule has 1 fully saturated rings. The Bertz CT molecular complexity index is 498. The van der Waals surface area contributed by atoms with Crippen LogP contribution in [0.5, 0.6) is 0 Å². The molecule has 108 valence electrons. The van der Waals surface area contributed by atoms with Crippen molar-refractivity contribution in [2.24, 2.45) is 0 Å². The fraction of sp³-hybridized carbons (Fsp3) is 0.500. The van der Waals surface area contributed by atoms with Gasteiger partial charge in [0, 0.05) is 6.07 Å². The van der Waals surface area contributed by atoms with Gasteiger partial charge in [-0.25, -0.2) is 0 Å². The number of quaternary nitrogens is 1. The first-order valence-corrected chi connectivity index (χ1v) is 6.98. The van der Waals surface area contributed by atoms with E-state index in [-0.39, 0.29) is 23.3 Å². The lowest BCUT2D eigenvalue weighted by atomic mass is 10.1. The summed E-state index contributed by atoms with van der Waals surface area (Å²) in [7, 11) is 0. The van der Waals surface area contributed by atoms with Crippen LogP contribution in [0.2, 0.25) is 0 Å². The molecule has 6 nitrogen and oxygen atoms in total. The van der Waals surface area contributed by atoms with Gasteiger partial charge in [0.15, 0.2) is 6.04 Å². The van der Waals surface area contributed by atoms with E-state index in [1.807, 2.05) is 6.92 Å². The SMILES string of the molecule is C[C@H](C(=O)Nc1ccccc1[N+](=O)[O-])[NH+]1CCCCC1. The quantitative estimate of drug-likeness (QED) is 0.637. The van der Waals surface area contributed by atoms with Crippen LogP contribution in [0, 0.1) is 10.1 Å². The smallest absolute Gasteiger partial charge is 0.292 e. The third-order valence-electron chi connectivity index (χ3n) is 3.86. The Morgan fingerprint density at radius 3 is 2.60 bits per heavy atom. The van der Waals surface area contributed by atoms with Gasteiger partial charge >= 0.3 is 0 Å². The molecule has 0 bridgehead atoms. The zero-order valence-corrected chi connectivity index (χ0v) is 11.6. The van der Waals surface area contributed by atoms with E-state index in [1.165, 1.54) is 17.4 Å². The maximum atomic E-state index is 12.2. The number of piperidine rings is 1. The second kappa shape index (κ2) is 6.47. The normalized spacial score (nSPS) is 17.4. The first-order valence-electron chi connectivity index (χ1n) is 6.98. The number of benzene rings is 1. The van der Waals surface area contributed by atoms with Crippen molar-refractivity contribution in [1.29, 1.82) is 0 Å². The number of carbonyl (C=O) groups is 1. The highest BCUT2D eigenvalue weighted by molar-refractivity contribution is 5.95. The van der Waals surface area contributed by atoms with Crippen molar-refractivity contribution in [2.75, 3.05) is 18.4 Å². The molecule has 1 aromatic carbocycles. The maximum absolute atomic E-state index is 12.2. The zero-order valence-electron chi connectivity index (χ0n) is 11.6. The van der Waals surface area contributed by atoms with Gasteiger partial charge in [-0.3, -0.25) is 14.9 Å². The van der Waals surface area contributed by atoms with Gasteiger partial charge in [-0.2, -0.15) is 0 Å². The molecule has 0 radical (unpaired) electrons. The summed E-state index contributed by atoms with van der Waals surface area (Å²) < 4.78 is 0. The van der Waals surface area contributed by atoms with E-state index >= 15 is 0 Å². The molecule has 0 aliphatic carbocycles. The van der Waals surface area contributed by atoms with Crippen LogP contribution in [0.1, 0.15) is 26.2 Å². The van der Waals surface area contributed by atoms with Gasteiger partial charge in [0.05, 0.1) is 18.0 Å². The lowest BCUT2D eigenvalue weighted by Gasteiger charge is -2.28. The van der Waals surface area contributed by atoms with Gasteiger partial charge < -0.3 is 10.2 Å². The summed E-state index contributed by atoms with van der Waals surface area (Å²) in [6, 6.07) is 6.05. The number of nitro groups is 1. The first-order chi connectivity index (χ1) is 9.59. The van der Waals surface area contributed by atoms with Crippen LogP contribution < -0.4 is 10.2 Å².